The number of carbonyl (C=O) groups excluding carboxylic acids is 11. The first-order valence-electron chi connectivity index (χ1n) is 29.7. The predicted octanol–water partition coefficient (Wildman–Crippen LogP) is 3.52. The van der Waals surface area contributed by atoms with Crippen LogP contribution >= 0.6 is 0 Å². The van der Waals surface area contributed by atoms with Gasteiger partial charge in [-0.1, -0.05) is 120 Å². The van der Waals surface area contributed by atoms with Crippen LogP contribution in [0, 0.1) is 29.6 Å². The minimum absolute atomic E-state index is 0.106. The molecule has 9 amide bonds. The summed E-state index contributed by atoms with van der Waals surface area (Å²) >= 11 is 0. The molecule has 2 aliphatic heterocycles. The van der Waals surface area contributed by atoms with Crippen molar-refractivity contribution in [3.63, 3.8) is 0 Å². The number of carbonyl (C=O) groups is 11. The van der Waals surface area contributed by atoms with E-state index in [9.17, 15) is 43.2 Å². The molecule has 2 saturated heterocycles. The summed E-state index contributed by atoms with van der Waals surface area (Å²) in [5, 5.41) is 8.28. The van der Waals surface area contributed by atoms with Gasteiger partial charge in [0.15, 0.2) is 6.10 Å². The Kier molecular flexibility index (Phi) is 28.3. The highest BCUT2D eigenvalue weighted by molar-refractivity contribution is 5.99. The van der Waals surface area contributed by atoms with E-state index in [1.165, 1.54) is 62.9 Å². The second-order valence-corrected chi connectivity index (χ2v) is 23.6. The number of esters is 2. The van der Waals surface area contributed by atoms with Crippen LogP contribution in [-0.4, -0.2) is 210 Å². The van der Waals surface area contributed by atoms with Crippen molar-refractivity contribution in [1.29, 1.82) is 0 Å². The number of nitrogens with one attached hydrogen (secondary N) is 3. The van der Waals surface area contributed by atoms with E-state index in [0.717, 1.165) is 14.7 Å². The molecule has 1 aromatic carbocycles. The molecule has 11 atom stereocenters. The van der Waals surface area contributed by atoms with Crippen LogP contribution in [0.2, 0.25) is 0 Å². The van der Waals surface area contributed by atoms with Crippen LogP contribution in [0.25, 0.3) is 0 Å². The van der Waals surface area contributed by atoms with E-state index in [1.807, 2.05) is 13.8 Å². The van der Waals surface area contributed by atoms with E-state index in [4.69, 9.17) is 14.2 Å². The van der Waals surface area contributed by atoms with Crippen molar-refractivity contribution in [2.24, 2.45) is 29.6 Å². The van der Waals surface area contributed by atoms with Gasteiger partial charge >= 0.3 is 11.9 Å². The van der Waals surface area contributed by atoms with Crippen molar-refractivity contribution >= 4 is 65.1 Å². The molecular formula is C62H97N9O14. The SMILES string of the molecule is C=CCOC(=O)C[C@H]1C(=O)N(C)[C@@H]([C@@H](C)CC)C(=O)N(C)[C@@H]([C@H](C)CC)C(=O)NCC(=O)N(C)[C@@H](C(C)C)C(=O)N[C@@H](Cc2ccc(OCC=C)cc2)C(=O)O[C@H](C)C(=O)N2CCCC[C@H]2C(=O)N(C)[C@@H](C(C)C)C(=O)N[C@@H](C(C)C)C(=O)N1C. The minimum Gasteiger partial charge on any atom is -0.490 e. The summed E-state index contributed by atoms with van der Waals surface area (Å²) in [6, 6.07) is -3.63. The Labute approximate surface area is 503 Å². The first-order valence-corrected chi connectivity index (χ1v) is 29.7. The van der Waals surface area contributed by atoms with Crippen LogP contribution < -0.4 is 20.7 Å². The first-order chi connectivity index (χ1) is 39.9. The van der Waals surface area contributed by atoms with Gasteiger partial charge < -0.3 is 59.6 Å². The average Bonchev–Trinajstić information content (AvgIpc) is 3.63. The molecule has 23 nitrogen and oxygen atoms in total. The molecule has 0 saturated carbocycles. The lowest BCUT2D eigenvalue weighted by Gasteiger charge is -2.41. The van der Waals surface area contributed by atoms with Gasteiger partial charge in [-0.25, -0.2) is 4.79 Å². The van der Waals surface area contributed by atoms with Gasteiger partial charge in [-0.05, 0) is 73.5 Å². The third-order valence-corrected chi connectivity index (χ3v) is 16.3. The number of benzene rings is 1. The van der Waals surface area contributed by atoms with Crippen molar-refractivity contribution in [2.75, 3.05) is 61.5 Å². The van der Waals surface area contributed by atoms with Gasteiger partial charge in [0.1, 0.15) is 67.3 Å². The Balaban J connectivity index is 2.30. The van der Waals surface area contributed by atoms with Crippen LogP contribution in [0.4, 0.5) is 0 Å². The summed E-state index contributed by atoms with van der Waals surface area (Å²) < 4.78 is 16.8. The molecule has 3 N–H and O–H groups in total. The summed E-state index contributed by atoms with van der Waals surface area (Å²) in [5.74, 6) is -10.6. The van der Waals surface area contributed by atoms with Crippen molar-refractivity contribution in [3.05, 3.63) is 55.1 Å². The average molecular weight is 1190 g/mol. The zero-order valence-electron chi connectivity index (χ0n) is 53.1. The van der Waals surface area contributed by atoms with Gasteiger partial charge in [0.25, 0.3) is 5.91 Å². The lowest BCUT2D eigenvalue weighted by Crippen LogP contribution is -2.63. The lowest BCUT2D eigenvalue weighted by molar-refractivity contribution is -0.165. The highest BCUT2D eigenvalue weighted by Crippen LogP contribution is 2.27. The van der Waals surface area contributed by atoms with Crippen molar-refractivity contribution in [2.45, 2.75) is 176 Å². The summed E-state index contributed by atoms with van der Waals surface area (Å²) in [6.07, 6.45) is 2.64. The maximum Gasteiger partial charge on any atom is 0.329 e. The number of rotatable bonds is 16. The van der Waals surface area contributed by atoms with E-state index in [2.05, 4.69) is 29.1 Å². The maximum atomic E-state index is 15.1. The number of ether oxygens (including phenoxy) is 3. The summed E-state index contributed by atoms with van der Waals surface area (Å²) in [5.41, 5.74) is 0.570. The molecule has 2 aliphatic rings. The number of fused-ring (bicyclic) bond motifs is 1. The smallest absolute Gasteiger partial charge is 0.329 e. The zero-order chi connectivity index (χ0) is 64.3. The third-order valence-electron chi connectivity index (χ3n) is 16.3. The quantitative estimate of drug-likeness (QED) is 0.158. The number of nitrogens with zero attached hydrogens (tertiary/aromatic N) is 6. The predicted molar refractivity (Wildman–Crippen MR) is 320 cm³/mol. The third kappa shape index (κ3) is 18.8. The van der Waals surface area contributed by atoms with E-state index < -0.39 is 162 Å². The molecule has 3 rings (SSSR count). The molecule has 0 aliphatic carbocycles. The molecule has 23 heteroatoms. The number of hydrogen-bond donors (Lipinski definition) is 3. The number of hydrogen-bond acceptors (Lipinski definition) is 14. The van der Waals surface area contributed by atoms with E-state index >= 15 is 9.59 Å². The number of likely N-dealkylation sites (N-methyl/N-ethyl adjacent to an activating group) is 5. The molecule has 0 bridgehead atoms. The Bertz CT molecular complexity index is 2540. The number of cyclic esters (lactones) is 1. The van der Waals surface area contributed by atoms with Crippen molar-refractivity contribution in [3.8, 4) is 5.75 Å². The Morgan fingerprint density at radius 2 is 1.18 bits per heavy atom. The monoisotopic (exact) mass is 1190 g/mol. The molecule has 1 aromatic rings. The van der Waals surface area contributed by atoms with Crippen LogP contribution in [0.15, 0.2) is 49.6 Å². The summed E-state index contributed by atoms with van der Waals surface area (Å²) in [7, 11) is 6.90. The molecule has 0 unspecified atom stereocenters. The molecule has 85 heavy (non-hydrogen) atoms. The minimum atomic E-state index is -1.60. The highest BCUT2D eigenvalue weighted by atomic mass is 16.6. The highest BCUT2D eigenvalue weighted by Gasteiger charge is 2.46. The Morgan fingerprint density at radius 3 is 1.73 bits per heavy atom. The van der Waals surface area contributed by atoms with E-state index in [1.54, 1.807) is 85.7 Å². The fourth-order valence-corrected chi connectivity index (χ4v) is 11.0. The molecule has 0 radical (unpaired) electrons. The Morgan fingerprint density at radius 1 is 0.635 bits per heavy atom. The molecule has 2 fully saturated rings. The second-order valence-electron chi connectivity index (χ2n) is 23.6. The fourth-order valence-electron chi connectivity index (χ4n) is 11.0. The van der Waals surface area contributed by atoms with Gasteiger partial charge in [0.05, 0.1) is 13.0 Å². The van der Waals surface area contributed by atoms with Crippen molar-refractivity contribution < 1.29 is 67.0 Å². The lowest BCUT2D eigenvalue weighted by atomic mass is 9.92. The Hall–Kier alpha value is -7.33. The van der Waals surface area contributed by atoms with Crippen LogP contribution in [0.3, 0.4) is 0 Å². The van der Waals surface area contributed by atoms with Crippen LogP contribution in [0.5, 0.6) is 5.75 Å². The fraction of sp³-hybridized carbons (Fsp3) is 0.661. The zero-order valence-corrected chi connectivity index (χ0v) is 53.1. The van der Waals surface area contributed by atoms with Gasteiger partial charge in [-0.2, -0.15) is 0 Å². The van der Waals surface area contributed by atoms with E-state index in [0.29, 0.717) is 37.0 Å². The number of piperidine rings is 1. The molecule has 2 heterocycles. The molecule has 474 valence electrons. The first kappa shape index (κ1) is 71.9. The van der Waals surface area contributed by atoms with Crippen molar-refractivity contribution in [1.82, 2.24) is 45.3 Å². The summed E-state index contributed by atoms with van der Waals surface area (Å²) in [6.45, 7) is 25.4. The van der Waals surface area contributed by atoms with E-state index in [-0.39, 0.29) is 32.6 Å². The summed E-state index contributed by atoms with van der Waals surface area (Å²) in [4.78, 5) is 167. The van der Waals surface area contributed by atoms with Gasteiger partial charge in [-0.15, -0.1) is 0 Å². The second kappa shape index (κ2) is 33.4. The van der Waals surface area contributed by atoms with Gasteiger partial charge in [0, 0.05) is 48.2 Å². The maximum absolute atomic E-state index is 15.1. The number of amides is 9. The molecular weight excluding hydrogens is 1090 g/mol. The normalized spacial score (nSPS) is 25.7. The van der Waals surface area contributed by atoms with Gasteiger partial charge in [0.2, 0.25) is 47.3 Å². The topological polar surface area (TPSA) is 271 Å². The van der Waals surface area contributed by atoms with Gasteiger partial charge in [-0.3, -0.25) is 47.9 Å². The van der Waals surface area contributed by atoms with Crippen LogP contribution in [-0.2, 0) is 68.6 Å². The standard InChI is InChI=1S/C62H97N9O14/c1-19-31-83-43-28-26-42(27-29-43)33-44-62(82)85-41(13)57(77)71-30-24-23-25-45(71)58(78)68(16)51(38(9)10)56(76)65-49(36(5)6)60(80)66(14)46(34-48(73)84-32-20-2)59(79)70(18)53(40(12)22-4)61(81)69(17)52(39(11)21-3)54(74)63-35-47(72)67(15)50(37(7)8)55(75)64-44/h19-20,26-29,36-41,44-46,49-53H,1-2,21-25,30-35H2,3-18H3,(H,63,74)(H,64,75)(H,65,76)/t39-,40+,41-,44+,45+,46+,49+,50+,51+,52+,53+/m1/s1. The molecule has 0 spiro atoms. The molecule has 0 aromatic heterocycles. The largest absolute Gasteiger partial charge is 0.490 e. The van der Waals surface area contributed by atoms with Crippen LogP contribution in [0.1, 0.15) is 120 Å².